The van der Waals surface area contributed by atoms with Gasteiger partial charge in [0.15, 0.2) is 0 Å². The van der Waals surface area contributed by atoms with E-state index >= 15 is 0 Å². The second-order valence-corrected chi connectivity index (χ2v) is 8.93. The van der Waals surface area contributed by atoms with Crippen LogP contribution in [0.15, 0.2) is 24.3 Å². The van der Waals surface area contributed by atoms with Crippen molar-refractivity contribution in [3.8, 4) is 0 Å². The SMILES string of the molecule is CC1CCC(=O)C(CCc2ccccc2CCC2CC(C)CCC2=O)C1. The van der Waals surface area contributed by atoms with Crippen molar-refractivity contribution < 1.29 is 9.59 Å². The van der Waals surface area contributed by atoms with E-state index in [1.807, 2.05) is 0 Å². The number of ketones is 2. The van der Waals surface area contributed by atoms with Crippen LogP contribution in [0.25, 0.3) is 0 Å². The summed E-state index contributed by atoms with van der Waals surface area (Å²) in [4.78, 5) is 24.4. The molecule has 0 aromatic heterocycles. The monoisotopic (exact) mass is 354 g/mol. The molecule has 3 rings (SSSR count). The van der Waals surface area contributed by atoms with Gasteiger partial charge < -0.3 is 0 Å². The van der Waals surface area contributed by atoms with E-state index in [1.165, 1.54) is 11.1 Å². The Kier molecular flexibility index (Phi) is 6.67. The Morgan fingerprint density at radius 1 is 0.769 bits per heavy atom. The van der Waals surface area contributed by atoms with Gasteiger partial charge in [0.25, 0.3) is 0 Å². The van der Waals surface area contributed by atoms with Gasteiger partial charge in [-0.25, -0.2) is 0 Å². The Labute approximate surface area is 158 Å². The van der Waals surface area contributed by atoms with Gasteiger partial charge in [0.1, 0.15) is 11.6 Å². The molecule has 2 saturated carbocycles. The normalized spacial score (nSPS) is 29.8. The van der Waals surface area contributed by atoms with E-state index < -0.39 is 0 Å². The summed E-state index contributed by atoms with van der Waals surface area (Å²) in [6, 6.07) is 8.66. The Balaban J connectivity index is 1.57. The van der Waals surface area contributed by atoms with E-state index in [0.29, 0.717) is 23.4 Å². The van der Waals surface area contributed by atoms with Gasteiger partial charge in [0.2, 0.25) is 0 Å². The summed E-state index contributed by atoms with van der Waals surface area (Å²) in [5.74, 6) is 2.84. The fourth-order valence-corrected chi connectivity index (χ4v) is 4.92. The third kappa shape index (κ3) is 5.05. The molecule has 1 aromatic carbocycles. The highest BCUT2D eigenvalue weighted by atomic mass is 16.1. The minimum atomic E-state index is 0.257. The average molecular weight is 355 g/mol. The predicted molar refractivity (Wildman–Crippen MR) is 106 cm³/mol. The van der Waals surface area contributed by atoms with Crippen molar-refractivity contribution >= 4 is 11.6 Å². The summed E-state index contributed by atoms with van der Waals surface area (Å²) >= 11 is 0. The molecule has 142 valence electrons. The number of hydrogen-bond donors (Lipinski definition) is 0. The number of hydrogen-bond acceptors (Lipinski definition) is 2. The van der Waals surface area contributed by atoms with Crippen LogP contribution in [0.2, 0.25) is 0 Å². The maximum atomic E-state index is 12.2. The number of rotatable bonds is 6. The lowest BCUT2D eigenvalue weighted by molar-refractivity contribution is -0.126. The molecule has 0 spiro atoms. The molecule has 2 nitrogen and oxygen atoms in total. The molecular weight excluding hydrogens is 320 g/mol. The minimum Gasteiger partial charge on any atom is -0.299 e. The lowest BCUT2D eigenvalue weighted by Gasteiger charge is -2.26. The van der Waals surface area contributed by atoms with E-state index in [0.717, 1.165) is 64.2 Å². The first-order chi connectivity index (χ1) is 12.5. The van der Waals surface area contributed by atoms with Crippen LogP contribution in [-0.4, -0.2) is 11.6 Å². The smallest absolute Gasteiger partial charge is 0.136 e. The number of carbonyl (C=O) groups excluding carboxylic acids is 2. The van der Waals surface area contributed by atoms with Crippen LogP contribution in [0.3, 0.4) is 0 Å². The fraction of sp³-hybridized carbons (Fsp3) is 0.667. The molecule has 4 atom stereocenters. The van der Waals surface area contributed by atoms with Crippen molar-refractivity contribution in [2.24, 2.45) is 23.7 Å². The number of Topliss-reactive ketones (excluding diaryl/α,β-unsaturated/α-hetero) is 2. The van der Waals surface area contributed by atoms with Gasteiger partial charge in [-0.3, -0.25) is 9.59 Å². The van der Waals surface area contributed by atoms with Gasteiger partial charge in [-0.1, -0.05) is 38.1 Å². The molecule has 0 N–H and O–H groups in total. The Bertz CT molecular complexity index is 578. The molecule has 1 aromatic rings. The lowest BCUT2D eigenvalue weighted by atomic mass is 9.77. The minimum absolute atomic E-state index is 0.257. The largest absolute Gasteiger partial charge is 0.299 e. The van der Waals surface area contributed by atoms with E-state index in [4.69, 9.17) is 0 Å². The zero-order valence-corrected chi connectivity index (χ0v) is 16.5. The maximum Gasteiger partial charge on any atom is 0.136 e. The van der Waals surface area contributed by atoms with Crippen LogP contribution in [0.4, 0.5) is 0 Å². The molecule has 0 heterocycles. The summed E-state index contributed by atoms with van der Waals surface area (Å²) < 4.78 is 0. The first-order valence-corrected chi connectivity index (χ1v) is 10.6. The van der Waals surface area contributed by atoms with Crippen LogP contribution in [0, 0.1) is 23.7 Å². The summed E-state index contributed by atoms with van der Waals surface area (Å²) in [6.07, 6.45) is 9.77. The molecule has 4 unspecified atom stereocenters. The van der Waals surface area contributed by atoms with Crippen LogP contribution < -0.4 is 0 Å². The fourth-order valence-electron chi connectivity index (χ4n) is 4.92. The average Bonchev–Trinajstić information content (AvgIpc) is 2.64. The molecule has 0 amide bonds. The molecule has 0 saturated heterocycles. The van der Waals surface area contributed by atoms with E-state index in [2.05, 4.69) is 38.1 Å². The summed E-state index contributed by atoms with van der Waals surface area (Å²) in [5, 5.41) is 0. The lowest BCUT2D eigenvalue weighted by Crippen LogP contribution is -2.24. The van der Waals surface area contributed by atoms with Gasteiger partial charge in [-0.15, -0.1) is 0 Å². The molecule has 0 aliphatic heterocycles. The van der Waals surface area contributed by atoms with Crippen molar-refractivity contribution in [2.75, 3.05) is 0 Å². The second kappa shape index (κ2) is 8.97. The molecule has 0 radical (unpaired) electrons. The molecule has 2 fully saturated rings. The number of aryl methyl sites for hydroxylation is 2. The van der Waals surface area contributed by atoms with Crippen molar-refractivity contribution in [1.82, 2.24) is 0 Å². The highest BCUT2D eigenvalue weighted by Gasteiger charge is 2.27. The van der Waals surface area contributed by atoms with Crippen LogP contribution >= 0.6 is 0 Å². The van der Waals surface area contributed by atoms with E-state index in [1.54, 1.807) is 0 Å². The molecule has 2 heteroatoms. The Morgan fingerprint density at radius 2 is 1.19 bits per heavy atom. The van der Waals surface area contributed by atoms with E-state index in [9.17, 15) is 9.59 Å². The Hall–Kier alpha value is -1.44. The van der Waals surface area contributed by atoms with Gasteiger partial charge in [-0.2, -0.15) is 0 Å². The zero-order valence-electron chi connectivity index (χ0n) is 16.5. The molecular formula is C24H34O2. The second-order valence-electron chi connectivity index (χ2n) is 8.93. The highest BCUT2D eigenvalue weighted by Crippen LogP contribution is 2.31. The summed E-state index contributed by atoms with van der Waals surface area (Å²) in [5.41, 5.74) is 2.77. The van der Waals surface area contributed by atoms with Gasteiger partial charge >= 0.3 is 0 Å². The summed E-state index contributed by atoms with van der Waals surface area (Å²) in [6.45, 7) is 4.55. The van der Waals surface area contributed by atoms with Crippen molar-refractivity contribution in [3.63, 3.8) is 0 Å². The van der Waals surface area contributed by atoms with Crippen LogP contribution in [0.1, 0.15) is 76.3 Å². The van der Waals surface area contributed by atoms with Gasteiger partial charge in [0.05, 0.1) is 0 Å². The van der Waals surface area contributed by atoms with Crippen LogP contribution in [0.5, 0.6) is 0 Å². The molecule has 2 aliphatic carbocycles. The van der Waals surface area contributed by atoms with E-state index in [-0.39, 0.29) is 11.8 Å². The molecule has 0 bridgehead atoms. The standard InChI is InChI=1S/C24H34O2/c1-17-7-13-23(25)21(15-17)11-9-19-5-3-4-6-20(19)10-12-22-16-18(2)8-14-24(22)26/h3-6,17-18,21-22H,7-16H2,1-2H3. The maximum absolute atomic E-state index is 12.2. The van der Waals surface area contributed by atoms with Crippen molar-refractivity contribution in [2.45, 2.75) is 78.1 Å². The molecule has 26 heavy (non-hydrogen) atoms. The van der Waals surface area contributed by atoms with Gasteiger partial charge in [0, 0.05) is 24.7 Å². The zero-order chi connectivity index (χ0) is 18.5. The molecule has 2 aliphatic rings. The highest BCUT2D eigenvalue weighted by molar-refractivity contribution is 5.82. The number of carbonyl (C=O) groups is 2. The predicted octanol–water partition coefficient (Wildman–Crippen LogP) is 5.56. The first-order valence-electron chi connectivity index (χ1n) is 10.6. The quantitative estimate of drug-likeness (QED) is 0.670. The van der Waals surface area contributed by atoms with Gasteiger partial charge in [-0.05, 0) is 74.3 Å². The van der Waals surface area contributed by atoms with Crippen molar-refractivity contribution in [1.29, 1.82) is 0 Å². The number of benzene rings is 1. The third-order valence-corrected chi connectivity index (χ3v) is 6.69. The summed E-state index contributed by atoms with van der Waals surface area (Å²) in [7, 11) is 0. The van der Waals surface area contributed by atoms with Crippen molar-refractivity contribution in [3.05, 3.63) is 35.4 Å². The third-order valence-electron chi connectivity index (χ3n) is 6.69. The van der Waals surface area contributed by atoms with Crippen LogP contribution in [-0.2, 0) is 22.4 Å². The first kappa shape index (κ1) is 19.3. The Morgan fingerprint density at radius 3 is 1.62 bits per heavy atom. The topological polar surface area (TPSA) is 34.1 Å².